The molecule has 0 unspecified atom stereocenters. The van der Waals surface area contributed by atoms with Crippen LogP contribution >= 0.6 is 11.6 Å². The summed E-state index contributed by atoms with van der Waals surface area (Å²) in [7, 11) is -3.54. The van der Waals surface area contributed by atoms with Gasteiger partial charge in [-0.15, -0.1) is 0 Å². The summed E-state index contributed by atoms with van der Waals surface area (Å²) in [6, 6.07) is 9.70. The molecule has 1 amide bonds. The maximum Gasteiger partial charge on any atom is 0.243 e. The van der Waals surface area contributed by atoms with Gasteiger partial charge in [-0.1, -0.05) is 11.6 Å². The van der Waals surface area contributed by atoms with Gasteiger partial charge in [0.15, 0.2) is 0 Å². The standard InChI is InChI=1S/C17H20ClN3O4S/c18-14-3-5-16(6-4-14)26(23,24)21-9-7-20(8-10-21)13-17(22)19-12-15-2-1-11-25-15/h1-6,11H,7-10,12-13H2,(H,19,22). The topological polar surface area (TPSA) is 82.9 Å². The van der Waals surface area contributed by atoms with Crippen LogP contribution in [-0.2, 0) is 21.4 Å². The Kier molecular flexibility index (Phi) is 5.98. The third-order valence-electron chi connectivity index (χ3n) is 4.19. The first kappa shape index (κ1) is 18.9. The Bertz CT molecular complexity index is 829. The molecule has 0 bridgehead atoms. The Morgan fingerprint density at radius 2 is 1.81 bits per heavy atom. The maximum absolute atomic E-state index is 12.6. The number of amides is 1. The third kappa shape index (κ3) is 4.64. The predicted molar refractivity (Wildman–Crippen MR) is 97.2 cm³/mol. The van der Waals surface area contributed by atoms with Crippen molar-refractivity contribution in [2.75, 3.05) is 32.7 Å². The van der Waals surface area contributed by atoms with E-state index >= 15 is 0 Å². The van der Waals surface area contributed by atoms with Crippen LogP contribution in [0.2, 0.25) is 5.02 Å². The molecule has 7 nitrogen and oxygen atoms in total. The number of benzene rings is 1. The molecule has 0 radical (unpaired) electrons. The average molecular weight is 398 g/mol. The molecule has 1 N–H and O–H groups in total. The second-order valence-electron chi connectivity index (χ2n) is 5.99. The zero-order valence-electron chi connectivity index (χ0n) is 14.1. The van der Waals surface area contributed by atoms with Crippen LogP contribution in [0.1, 0.15) is 5.76 Å². The summed E-state index contributed by atoms with van der Waals surface area (Å²) in [5.41, 5.74) is 0. The lowest BCUT2D eigenvalue weighted by Gasteiger charge is -2.33. The van der Waals surface area contributed by atoms with Gasteiger partial charge in [0.25, 0.3) is 0 Å². The van der Waals surface area contributed by atoms with Gasteiger partial charge in [-0.3, -0.25) is 9.69 Å². The summed E-state index contributed by atoms with van der Waals surface area (Å²) in [5.74, 6) is 0.577. The number of rotatable bonds is 6. The highest BCUT2D eigenvalue weighted by Crippen LogP contribution is 2.19. The summed E-state index contributed by atoms with van der Waals surface area (Å²) in [6.07, 6.45) is 1.56. The highest BCUT2D eigenvalue weighted by Gasteiger charge is 2.28. The normalized spacial score (nSPS) is 16.5. The summed E-state index contributed by atoms with van der Waals surface area (Å²) < 4.78 is 31.9. The molecule has 2 heterocycles. The van der Waals surface area contributed by atoms with Gasteiger partial charge in [-0.25, -0.2) is 8.42 Å². The van der Waals surface area contributed by atoms with E-state index in [4.69, 9.17) is 16.0 Å². The van der Waals surface area contributed by atoms with Crippen LogP contribution < -0.4 is 5.32 Å². The molecule has 0 saturated carbocycles. The quantitative estimate of drug-likeness (QED) is 0.799. The summed E-state index contributed by atoms with van der Waals surface area (Å²) in [6.45, 7) is 2.26. The maximum atomic E-state index is 12.6. The van der Waals surface area contributed by atoms with Gasteiger partial charge < -0.3 is 9.73 Å². The Hall–Kier alpha value is -1.87. The van der Waals surface area contributed by atoms with Gasteiger partial charge >= 0.3 is 0 Å². The van der Waals surface area contributed by atoms with Crippen LogP contribution in [0.25, 0.3) is 0 Å². The van der Waals surface area contributed by atoms with Crippen molar-refractivity contribution in [3.8, 4) is 0 Å². The molecular weight excluding hydrogens is 378 g/mol. The van der Waals surface area contributed by atoms with Crippen molar-refractivity contribution in [2.24, 2.45) is 0 Å². The molecule has 9 heteroatoms. The molecule has 1 saturated heterocycles. The molecule has 1 aromatic carbocycles. The van der Waals surface area contributed by atoms with Crippen molar-refractivity contribution in [3.05, 3.63) is 53.4 Å². The Morgan fingerprint density at radius 3 is 2.42 bits per heavy atom. The number of furan rings is 1. The Balaban J connectivity index is 1.49. The molecule has 0 spiro atoms. The number of carbonyl (C=O) groups excluding carboxylic acids is 1. The smallest absolute Gasteiger partial charge is 0.243 e. The van der Waals surface area contributed by atoms with Gasteiger partial charge in [0.05, 0.1) is 24.2 Å². The van der Waals surface area contributed by atoms with E-state index in [9.17, 15) is 13.2 Å². The minimum atomic E-state index is -3.54. The van der Waals surface area contributed by atoms with E-state index in [1.807, 2.05) is 4.90 Å². The van der Waals surface area contributed by atoms with Crippen molar-refractivity contribution in [1.82, 2.24) is 14.5 Å². The lowest BCUT2D eigenvalue weighted by Crippen LogP contribution is -2.50. The van der Waals surface area contributed by atoms with Crippen molar-refractivity contribution in [2.45, 2.75) is 11.4 Å². The Morgan fingerprint density at radius 1 is 1.12 bits per heavy atom. The number of piperazine rings is 1. The van der Waals surface area contributed by atoms with E-state index in [2.05, 4.69) is 5.32 Å². The lowest BCUT2D eigenvalue weighted by molar-refractivity contribution is -0.122. The first-order valence-corrected chi connectivity index (χ1v) is 10.0. The zero-order chi connectivity index (χ0) is 18.6. The second kappa shape index (κ2) is 8.22. The number of hydrogen-bond donors (Lipinski definition) is 1. The van der Waals surface area contributed by atoms with E-state index in [1.165, 1.54) is 16.4 Å². The van der Waals surface area contributed by atoms with Gasteiger partial charge in [-0.05, 0) is 36.4 Å². The van der Waals surface area contributed by atoms with Gasteiger partial charge in [0, 0.05) is 31.2 Å². The Labute approximate surface area is 157 Å². The molecule has 1 aliphatic heterocycles. The van der Waals surface area contributed by atoms with Crippen LogP contribution in [0.5, 0.6) is 0 Å². The number of carbonyl (C=O) groups is 1. The predicted octanol–water partition coefficient (Wildman–Crippen LogP) is 1.56. The molecule has 26 heavy (non-hydrogen) atoms. The number of hydrogen-bond acceptors (Lipinski definition) is 5. The molecule has 2 aromatic rings. The minimum Gasteiger partial charge on any atom is -0.467 e. The summed E-state index contributed by atoms with van der Waals surface area (Å²) in [5, 5.41) is 3.28. The third-order valence-corrected chi connectivity index (χ3v) is 6.35. The zero-order valence-corrected chi connectivity index (χ0v) is 15.7. The van der Waals surface area contributed by atoms with Crippen molar-refractivity contribution in [1.29, 1.82) is 0 Å². The van der Waals surface area contributed by atoms with Crippen LogP contribution in [0.15, 0.2) is 52.0 Å². The van der Waals surface area contributed by atoms with Crippen molar-refractivity contribution < 1.29 is 17.6 Å². The van der Waals surface area contributed by atoms with E-state index in [1.54, 1.807) is 30.5 Å². The molecule has 0 atom stereocenters. The highest BCUT2D eigenvalue weighted by atomic mass is 35.5. The average Bonchev–Trinajstić information content (AvgIpc) is 3.14. The molecule has 0 aliphatic carbocycles. The molecular formula is C17H20ClN3O4S. The summed E-state index contributed by atoms with van der Waals surface area (Å²) in [4.78, 5) is 14.2. The first-order valence-electron chi connectivity index (χ1n) is 8.22. The summed E-state index contributed by atoms with van der Waals surface area (Å²) >= 11 is 5.81. The van der Waals surface area contributed by atoms with Crippen molar-refractivity contribution >= 4 is 27.5 Å². The largest absolute Gasteiger partial charge is 0.467 e. The lowest BCUT2D eigenvalue weighted by atomic mass is 10.3. The number of nitrogens with one attached hydrogen (secondary N) is 1. The molecule has 140 valence electrons. The number of sulfonamides is 1. The van der Waals surface area contributed by atoms with Crippen LogP contribution in [-0.4, -0.2) is 56.3 Å². The van der Waals surface area contributed by atoms with Gasteiger partial charge in [-0.2, -0.15) is 4.31 Å². The fourth-order valence-electron chi connectivity index (χ4n) is 2.74. The minimum absolute atomic E-state index is 0.115. The van der Waals surface area contributed by atoms with E-state index in [0.717, 1.165) is 0 Å². The highest BCUT2D eigenvalue weighted by molar-refractivity contribution is 7.89. The second-order valence-corrected chi connectivity index (χ2v) is 8.36. The van der Waals surface area contributed by atoms with Gasteiger partial charge in [0.2, 0.25) is 15.9 Å². The van der Waals surface area contributed by atoms with Crippen LogP contribution in [0.4, 0.5) is 0 Å². The monoisotopic (exact) mass is 397 g/mol. The molecule has 3 rings (SSSR count). The number of halogens is 1. The van der Waals surface area contributed by atoms with Crippen LogP contribution in [0.3, 0.4) is 0 Å². The van der Waals surface area contributed by atoms with Gasteiger partial charge in [0.1, 0.15) is 5.76 Å². The van der Waals surface area contributed by atoms with E-state index in [0.29, 0.717) is 43.5 Å². The SMILES string of the molecule is O=C(CN1CCN(S(=O)(=O)c2ccc(Cl)cc2)CC1)NCc1ccco1. The molecule has 1 aromatic heterocycles. The fourth-order valence-corrected chi connectivity index (χ4v) is 4.29. The van der Waals surface area contributed by atoms with E-state index < -0.39 is 10.0 Å². The fraction of sp³-hybridized carbons (Fsp3) is 0.353. The molecule has 1 fully saturated rings. The van der Waals surface area contributed by atoms with Crippen LogP contribution in [0, 0.1) is 0 Å². The number of nitrogens with zero attached hydrogens (tertiary/aromatic N) is 2. The van der Waals surface area contributed by atoms with E-state index in [-0.39, 0.29) is 17.3 Å². The van der Waals surface area contributed by atoms with Crippen molar-refractivity contribution in [3.63, 3.8) is 0 Å². The first-order chi connectivity index (χ1) is 12.4. The molecule has 1 aliphatic rings.